The minimum atomic E-state index is 0.489. The van der Waals surface area contributed by atoms with E-state index in [1.165, 1.54) is 45.9 Å². The van der Waals surface area contributed by atoms with Crippen molar-refractivity contribution in [3.8, 4) is 73.9 Å². The van der Waals surface area contributed by atoms with Gasteiger partial charge in [-0.15, -0.1) is 22.7 Å². The number of allylic oxidation sites excluding steroid dienone is 1. The van der Waals surface area contributed by atoms with Crippen LogP contribution in [0.2, 0.25) is 0 Å². The van der Waals surface area contributed by atoms with Gasteiger partial charge in [-0.05, 0) is 156 Å². The standard InChI is InChI=1S/C79H52N2O4S2/c1-50(82-52-23-7-3-8-24-52)43-45-64-51(2)76-57(59-35-21-41-74-78(59)61-31-15-17-39-72(61)86-74)33-19-37-66(76)80(64)68-48-69(71(85-55-29-13-6-14-30-55)49-70(68)84-54-27-11-5-12-28-54)81-65-46-44-56(83-53-25-9-4-10-26-53)47-63(65)77-58(34-20-38-67(77)81)60-36-22-42-75-79(60)62-32-16-18-40-73(62)87-75/h3-49H,1H2,2H3/b45-43-. The minimum absolute atomic E-state index is 0.489. The lowest BCUT2D eigenvalue weighted by atomic mass is 9.95. The number of nitrogens with zero attached hydrogens (tertiary/aromatic N) is 2. The fraction of sp³-hybridized carbons (Fsp3) is 0.0127. The lowest BCUT2D eigenvalue weighted by molar-refractivity contribution is 0.447. The van der Waals surface area contributed by atoms with E-state index >= 15 is 0 Å². The fourth-order valence-corrected chi connectivity index (χ4v) is 14.8. The average molecular weight is 1160 g/mol. The van der Waals surface area contributed by atoms with Crippen LogP contribution in [0.4, 0.5) is 0 Å². The van der Waals surface area contributed by atoms with E-state index < -0.39 is 0 Å². The molecule has 0 N–H and O–H groups in total. The monoisotopic (exact) mass is 1160 g/mol. The molecule has 8 heteroatoms. The summed E-state index contributed by atoms with van der Waals surface area (Å²) >= 11 is 3.65. The molecule has 4 aromatic heterocycles. The number of ether oxygens (including phenoxy) is 4. The summed E-state index contributed by atoms with van der Waals surface area (Å²) in [5.74, 6) is 5.18. The summed E-state index contributed by atoms with van der Waals surface area (Å²) in [5.41, 5.74) is 11.0. The summed E-state index contributed by atoms with van der Waals surface area (Å²) in [6.07, 6.45) is 4.09. The second-order valence-electron chi connectivity index (χ2n) is 21.6. The molecule has 6 nitrogen and oxygen atoms in total. The Labute approximate surface area is 510 Å². The second-order valence-corrected chi connectivity index (χ2v) is 23.7. The van der Waals surface area contributed by atoms with Crippen molar-refractivity contribution in [2.24, 2.45) is 0 Å². The molecule has 0 saturated heterocycles. The molecule has 0 aliphatic heterocycles. The van der Waals surface area contributed by atoms with Crippen LogP contribution in [0.5, 0.6) is 40.2 Å². The van der Waals surface area contributed by atoms with Crippen LogP contribution in [0.25, 0.3) is 113 Å². The molecular formula is C79H52N2O4S2. The Morgan fingerprint density at radius 1 is 0.356 bits per heavy atom. The van der Waals surface area contributed by atoms with E-state index in [-0.39, 0.29) is 0 Å². The maximum absolute atomic E-state index is 7.24. The quantitative estimate of drug-likeness (QED) is 0.0804. The summed E-state index contributed by atoms with van der Waals surface area (Å²) in [4.78, 5) is 0. The molecule has 414 valence electrons. The molecule has 0 spiro atoms. The van der Waals surface area contributed by atoms with Crippen LogP contribution < -0.4 is 18.9 Å². The number of thiophene rings is 2. The predicted molar refractivity (Wildman–Crippen MR) is 364 cm³/mol. The van der Waals surface area contributed by atoms with Gasteiger partial charge in [0.2, 0.25) is 0 Å². The zero-order valence-electron chi connectivity index (χ0n) is 47.2. The molecule has 12 aromatic carbocycles. The van der Waals surface area contributed by atoms with Crippen LogP contribution in [0, 0.1) is 6.92 Å². The number of aromatic nitrogens is 2. The van der Waals surface area contributed by atoms with Gasteiger partial charge in [0.05, 0.1) is 33.6 Å². The molecule has 16 rings (SSSR count). The molecule has 87 heavy (non-hydrogen) atoms. The van der Waals surface area contributed by atoms with Gasteiger partial charge in [0, 0.05) is 62.6 Å². The summed E-state index contributed by atoms with van der Waals surface area (Å²) in [7, 11) is 0. The van der Waals surface area contributed by atoms with Gasteiger partial charge in [-0.25, -0.2) is 0 Å². The third-order valence-corrected chi connectivity index (χ3v) is 18.6. The predicted octanol–water partition coefficient (Wildman–Crippen LogP) is 23.1. The number of aryl methyl sites for hydroxylation is 1. The normalized spacial score (nSPS) is 11.7. The highest BCUT2D eigenvalue weighted by Gasteiger charge is 2.27. The fourth-order valence-electron chi connectivity index (χ4n) is 12.6. The largest absolute Gasteiger partial charge is 0.458 e. The Balaban J connectivity index is 1.01. The molecule has 0 radical (unpaired) electrons. The number of fused-ring (bicyclic) bond motifs is 10. The maximum Gasteiger partial charge on any atom is 0.155 e. The number of benzene rings is 12. The summed E-state index contributed by atoms with van der Waals surface area (Å²) in [6.45, 7) is 6.64. The van der Waals surface area contributed by atoms with E-state index in [1.807, 2.05) is 150 Å². The highest BCUT2D eigenvalue weighted by Crippen LogP contribution is 2.50. The molecule has 0 unspecified atom stereocenters. The van der Waals surface area contributed by atoms with E-state index in [4.69, 9.17) is 18.9 Å². The SMILES string of the molecule is C=C(/C=C\c1c(C)c2c(-c3cccc4sc5ccccc5c34)cccc2n1-c1cc(-n2c3ccc(Oc4ccccc4)cc3c3c(-c4cccc5sc6ccccc6c45)cccc32)c(Oc2ccccc2)cc1Oc1ccccc1)Oc1ccccc1. The highest BCUT2D eigenvalue weighted by atomic mass is 32.1. The summed E-state index contributed by atoms with van der Waals surface area (Å²) < 4.78 is 37.2. The third-order valence-electron chi connectivity index (χ3n) is 16.3. The highest BCUT2D eigenvalue weighted by molar-refractivity contribution is 7.26. The molecule has 0 fully saturated rings. The van der Waals surface area contributed by atoms with Gasteiger partial charge >= 0.3 is 0 Å². The Morgan fingerprint density at radius 3 is 1.37 bits per heavy atom. The summed E-state index contributed by atoms with van der Waals surface area (Å²) in [5, 5.41) is 8.14. The molecule has 0 bridgehead atoms. The minimum Gasteiger partial charge on any atom is -0.458 e. The average Bonchev–Trinajstić information content (AvgIpc) is 1.69. The van der Waals surface area contributed by atoms with Crippen LogP contribution in [-0.2, 0) is 0 Å². The van der Waals surface area contributed by atoms with E-state index in [2.05, 4.69) is 180 Å². The number of hydrogen-bond donors (Lipinski definition) is 0. The Kier molecular flexibility index (Phi) is 12.9. The molecular weight excluding hydrogens is 1110 g/mol. The Hall–Kier alpha value is -10.9. The van der Waals surface area contributed by atoms with Gasteiger partial charge in [-0.1, -0.05) is 164 Å². The van der Waals surface area contributed by atoms with Crippen molar-refractivity contribution in [1.82, 2.24) is 9.13 Å². The lowest BCUT2D eigenvalue weighted by Crippen LogP contribution is -2.05. The van der Waals surface area contributed by atoms with Crippen molar-refractivity contribution in [3.63, 3.8) is 0 Å². The topological polar surface area (TPSA) is 46.8 Å². The van der Waals surface area contributed by atoms with Crippen LogP contribution in [0.3, 0.4) is 0 Å². The first-order chi connectivity index (χ1) is 43.0. The van der Waals surface area contributed by atoms with Crippen LogP contribution in [0.1, 0.15) is 11.3 Å². The van der Waals surface area contributed by atoms with Crippen molar-refractivity contribution in [3.05, 3.63) is 303 Å². The number of hydrogen-bond acceptors (Lipinski definition) is 6. The van der Waals surface area contributed by atoms with Gasteiger partial charge in [0.1, 0.15) is 34.5 Å². The molecule has 0 aliphatic rings. The molecule has 0 aliphatic carbocycles. The maximum atomic E-state index is 7.24. The molecule has 16 aromatic rings. The zero-order valence-corrected chi connectivity index (χ0v) is 48.8. The Morgan fingerprint density at radius 2 is 0.805 bits per heavy atom. The molecule has 0 amide bonds. The smallest absolute Gasteiger partial charge is 0.155 e. The number of para-hydroxylation sites is 4. The lowest BCUT2D eigenvalue weighted by Gasteiger charge is -2.21. The van der Waals surface area contributed by atoms with Crippen molar-refractivity contribution in [2.75, 3.05) is 0 Å². The molecule has 0 saturated carbocycles. The van der Waals surface area contributed by atoms with Crippen LogP contribution in [-0.4, -0.2) is 9.13 Å². The van der Waals surface area contributed by atoms with Gasteiger partial charge in [-0.3, -0.25) is 0 Å². The van der Waals surface area contributed by atoms with Gasteiger partial charge in [0.15, 0.2) is 11.5 Å². The third kappa shape index (κ3) is 9.18. The van der Waals surface area contributed by atoms with Crippen molar-refractivity contribution in [1.29, 1.82) is 0 Å². The van der Waals surface area contributed by atoms with Crippen LogP contribution in [0.15, 0.2) is 291 Å². The summed E-state index contributed by atoms with van der Waals surface area (Å²) in [6, 6.07) is 94.7. The number of rotatable bonds is 14. The van der Waals surface area contributed by atoms with Gasteiger partial charge < -0.3 is 28.1 Å². The van der Waals surface area contributed by atoms with Crippen molar-refractivity contribution < 1.29 is 18.9 Å². The van der Waals surface area contributed by atoms with Crippen molar-refractivity contribution in [2.45, 2.75) is 6.92 Å². The van der Waals surface area contributed by atoms with Crippen LogP contribution >= 0.6 is 22.7 Å². The zero-order chi connectivity index (χ0) is 58.0. The first-order valence-corrected chi connectivity index (χ1v) is 30.6. The first-order valence-electron chi connectivity index (χ1n) is 29.0. The van der Waals surface area contributed by atoms with Crippen molar-refractivity contribution >= 4 is 102 Å². The molecule has 4 heterocycles. The van der Waals surface area contributed by atoms with E-state index in [0.29, 0.717) is 34.5 Å². The van der Waals surface area contributed by atoms with E-state index in [9.17, 15) is 0 Å². The first kappa shape index (κ1) is 51.7. The Bertz CT molecular complexity index is 5370. The van der Waals surface area contributed by atoms with E-state index in [1.54, 1.807) is 0 Å². The van der Waals surface area contributed by atoms with E-state index in [0.717, 1.165) is 83.5 Å². The second kappa shape index (κ2) is 21.6. The molecule has 0 atom stereocenters. The van der Waals surface area contributed by atoms with Gasteiger partial charge in [-0.2, -0.15) is 0 Å². The van der Waals surface area contributed by atoms with Gasteiger partial charge in [0.25, 0.3) is 0 Å².